The van der Waals surface area contributed by atoms with Gasteiger partial charge in [-0.25, -0.2) is 9.89 Å². The van der Waals surface area contributed by atoms with Crippen molar-refractivity contribution in [3.63, 3.8) is 0 Å². The van der Waals surface area contributed by atoms with Crippen LogP contribution >= 0.6 is 11.8 Å². The van der Waals surface area contributed by atoms with E-state index in [0.717, 1.165) is 4.90 Å². The Hall–Kier alpha value is -3.11. The highest BCUT2D eigenvalue weighted by Gasteiger charge is 2.37. The number of nitrogens with one attached hydrogen (secondary N) is 1. The van der Waals surface area contributed by atoms with E-state index in [1.165, 1.54) is 11.8 Å². The molecule has 0 bridgehead atoms. The van der Waals surface area contributed by atoms with E-state index in [1.807, 2.05) is 6.19 Å². The van der Waals surface area contributed by atoms with Crippen LogP contribution in [0.25, 0.3) is 0 Å². The molecule has 3 rings (SSSR count). The second kappa shape index (κ2) is 6.56. The Morgan fingerprint density at radius 1 is 1.08 bits per heavy atom. The predicted octanol–water partition coefficient (Wildman–Crippen LogP) is 2.91. The molecule has 2 aromatic rings. The van der Waals surface area contributed by atoms with Gasteiger partial charge in [-0.05, 0) is 30.5 Å². The van der Waals surface area contributed by atoms with Crippen LogP contribution in [0.1, 0.15) is 20.7 Å². The monoisotopic (exact) mass is 336 g/mol. The van der Waals surface area contributed by atoms with Crippen molar-refractivity contribution < 1.29 is 9.59 Å². The van der Waals surface area contributed by atoms with Crippen molar-refractivity contribution in [3.05, 3.63) is 59.7 Å². The Morgan fingerprint density at radius 3 is 2.25 bits per heavy atom. The number of amides is 2. The molecule has 7 heteroatoms. The van der Waals surface area contributed by atoms with E-state index in [1.54, 1.807) is 54.8 Å². The molecule has 24 heavy (non-hydrogen) atoms. The van der Waals surface area contributed by atoms with E-state index in [-0.39, 0.29) is 11.8 Å². The van der Waals surface area contributed by atoms with Crippen LogP contribution in [0.5, 0.6) is 0 Å². The lowest BCUT2D eigenvalue weighted by molar-refractivity contribution is 0.0926. The third-order valence-electron chi connectivity index (χ3n) is 3.49. The number of benzene rings is 2. The minimum absolute atomic E-state index is 0.376. The number of carbonyl (C=O) groups excluding carboxylic acids is 2. The summed E-state index contributed by atoms with van der Waals surface area (Å²) in [6, 6.07) is 13.5. The van der Waals surface area contributed by atoms with Crippen molar-refractivity contribution in [1.29, 1.82) is 5.26 Å². The first kappa shape index (κ1) is 15.8. The van der Waals surface area contributed by atoms with Gasteiger partial charge in [-0.1, -0.05) is 36.0 Å². The summed E-state index contributed by atoms with van der Waals surface area (Å²) >= 11 is 1.26. The number of para-hydroxylation sites is 2. The van der Waals surface area contributed by atoms with E-state index < -0.39 is 0 Å². The highest BCUT2D eigenvalue weighted by Crippen LogP contribution is 2.35. The number of hydrogen-bond donors (Lipinski definition) is 1. The van der Waals surface area contributed by atoms with Gasteiger partial charge in [0.2, 0.25) is 0 Å². The lowest BCUT2D eigenvalue weighted by Gasteiger charge is -2.16. The van der Waals surface area contributed by atoms with Gasteiger partial charge in [0, 0.05) is 0 Å². The molecule has 0 atom stereocenters. The fourth-order valence-corrected chi connectivity index (χ4v) is 2.78. The minimum Gasteiger partial charge on any atom is -0.271 e. The first-order valence-corrected chi connectivity index (χ1v) is 8.24. The summed E-state index contributed by atoms with van der Waals surface area (Å²) in [7, 11) is 0. The molecule has 0 spiro atoms. The number of rotatable bonds is 2. The zero-order chi connectivity index (χ0) is 17.1. The maximum absolute atomic E-state index is 12.6. The van der Waals surface area contributed by atoms with Crippen LogP contribution in [0.4, 0.5) is 11.4 Å². The van der Waals surface area contributed by atoms with Gasteiger partial charge in [-0.15, -0.1) is 0 Å². The number of nitriles is 1. The van der Waals surface area contributed by atoms with Gasteiger partial charge in [-0.2, -0.15) is 5.26 Å². The molecule has 1 aliphatic rings. The quantitative estimate of drug-likeness (QED) is 0.300. The van der Waals surface area contributed by atoms with Gasteiger partial charge >= 0.3 is 0 Å². The van der Waals surface area contributed by atoms with Crippen molar-refractivity contribution in [2.24, 2.45) is 4.99 Å². The summed E-state index contributed by atoms with van der Waals surface area (Å²) in [5.74, 6) is -0.755. The van der Waals surface area contributed by atoms with Gasteiger partial charge in [0.15, 0.2) is 11.4 Å². The number of thioether (sulfide) groups is 1. The number of hydrogen-bond acceptors (Lipinski definition) is 5. The number of nitrogens with zero attached hydrogens (tertiary/aromatic N) is 3. The first-order valence-electron chi connectivity index (χ1n) is 7.02. The molecule has 2 aromatic carbocycles. The fraction of sp³-hybridized carbons (Fsp3) is 0.0588. The topological polar surface area (TPSA) is 85.6 Å². The van der Waals surface area contributed by atoms with Crippen molar-refractivity contribution in [2.75, 3.05) is 11.2 Å². The Balaban J connectivity index is 2.08. The Kier molecular flexibility index (Phi) is 4.31. The molecule has 0 fully saturated rings. The van der Waals surface area contributed by atoms with E-state index in [4.69, 9.17) is 5.26 Å². The largest absolute Gasteiger partial charge is 0.271 e. The molecular formula is C17H12N4O2S. The van der Waals surface area contributed by atoms with E-state index in [0.29, 0.717) is 27.7 Å². The lowest BCUT2D eigenvalue weighted by Crippen LogP contribution is -2.29. The average Bonchev–Trinajstić information content (AvgIpc) is 2.86. The zero-order valence-electron chi connectivity index (χ0n) is 12.7. The number of aliphatic imine (C=N–C) groups is 1. The minimum atomic E-state index is -0.378. The molecule has 0 aliphatic carbocycles. The Bertz CT molecular complexity index is 866. The number of carbonyl (C=O) groups is 2. The second-order valence-corrected chi connectivity index (χ2v) is 5.63. The number of imide groups is 1. The molecular weight excluding hydrogens is 324 g/mol. The van der Waals surface area contributed by atoms with Crippen LogP contribution in [0.15, 0.2) is 53.5 Å². The van der Waals surface area contributed by atoms with Gasteiger partial charge in [-0.3, -0.25) is 14.9 Å². The highest BCUT2D eigenvalue weighted by atomic mass is 32.2. The molecule has 0 aromatic heterocycles. The number of anilines is 1. The van der Waals surface area contributed by atoms with E-state index >= 15 is 0 Å². The van der Waals surface area contributed by atoms with E-state index in [2.05, 4.69) is 10.3 Å². The van der Waals surface area contributed by atoms with Crippen LogP contribution in [0, 0.1) is 11.5 Å². The first-order chi connectivity index (χ1) is 11.7. The van der Waals surface area contributed by atoms with Gasteiger partial charge in [0.25, 0.3) is 11.8 Å². The highest BCUT2D eigenvalue weighted by molar-refractivity contribution is 8.13. The summed E-state index contributed by atoms with van der Waals surface area (Å²) in [6.07, 6.45) is 3.58. The van der Waals surface area contributed by atoms with Gasteiger partial charge < -0.3 is 0 Å². The second-order valence-electron chi connectivity index (χ2n) is 4.84. The van der Waals surface area contributed by atoms with Crippen LogP contribution in [0.2, 0.25) is 0 Å². The summed E-state index contributed by atoms with van der Waals surface area (Å²) in [6.45, 7) is 0. The molecule has 0 unspecified atom stereocenters. The Labute approximate surface area is 142 Å². The maximum Gasteiger partial charge on any atom is 0.266 e. The predicted molar refractivity (Wildman–Crippen MR) is 93.4 cm³/mol. The van der Waals surface area contributed by atoms with Gasteiger partial charge in [0.05, 0.1) is 22.5 Å². The van der Waals surface area contributed by atoms with Crippen LogP contribution in [-0.2, 0) is 0 Å². The van der Waals surface area contributed by atoms with Crippen LogP contribution in [-0.4, -0.2) is 23.2 Å². The molecule has 6 nitrogen and oxygen atoms in total. The van der Waals surface area contributed by atoms with Crippen molar-refractivity contribution in [2.45, 2.75) is 0 Å². The average molecular weight is 336 g/mol. The third kappa shape index (κ3) is 2.64. The molecule has 0 radical (unpaired) electrons. The molecule has 1 N–H and O–H groups in total. The Morgan fingerprint density at radius 2 is 1.67 bits per heavy atom. The summed E-state index contributed by atoms with van der Waals surface area (Å²) in [5.41, 5.74) is 1.57. The molecule has 0 saturated heterocycles. The molecule has 1 heterocycles. The summed E-state index contributed by atoms with van der Waals surface area (Å²) in [5, 5.41) is 11.6. The molecule has 118 valence electrons. The molecule has 1 aliphatic heterocycles. The molecule has 0 saturated carbocycles. The zero-order valence-corrected chi connectivity index (χ0v) is 13.5. The SMILES string of the molecule is CSC(=Nc1ccccc1N1C(=O)c2ccccc2C1=O)NC#N. The number of fused-ring (bicyclic) bond motifs is 1. The fourth-order valence-electron chi connectivity index (χ4n) is 2.44. The van der Waals surface area contributed by atoms with Crippen molar-refractivity contribution in [3.8, 4) is 6.19 Å². The van der Waals surface area contributed by atoms with E-state index in [9.17, 15) is 9.59 Å². The third-order valence-corrected chi connectivity index (χ3v) is 4.07. The summed E-state index contributed by atoms with van der Waals surface area (Å²) in [4.78, 5) is 30.7. The van der Waals surface area contributed by atoms with Gasteiger partial charge in [0.1, 0.15) is 0 Å². The summed E-state index contributed by atoms with van der Waals surface area (Å²) < 4.78 is 0. The lowest BCUT2D eigenvalue weighted by atomic mass is 10.1. The van der Waals surface area contributed by atoms with Crippen molar-refractivity contribution >= 4 is 40.1 Å². The van der Waals surface area contributed by atoms with Crippen LogP contribution < -0.4 is 10.2 Å². The van der Waals surface area contributed by atoms with Crippen molar-refractivity contribution in [1.82, 2.24) is 5.32 Å². The smallest absolute Gasteiger partial charge is 0.266 e. The normalized spacial score (nSPS) is 13.7. The molecule has 2 amide bonds. The van der Waals surface area contributed by atoms with Crippen LogP contribution in [0.3, 0.4) is 0 Å². The number of amidine groups is 1. The maximum atomic E-state index is 12.6. The standard InChI is InChI=1S/C17H12N4O2S/c1-24-17(19-10-18)20-13-8-4-5-9-14(13)21-15(22)11-6-2-3-7-12(11)16(21)23/h2-9H,1H3,(H,19,20).